The first-order valence-corrected chi connectivity index (χ1v) is 9.21. The number of amides is 1. The molecule has 0 spiro atoms. The Bertz CT molecular complexity index is 941. The first kappa shape index (κ1) is 17.5. The number of nitrogens with two attached hydrogens (primary N) is 1. The molecule has 140 valence electrons. The lowest BCUT2D eigenvalue weighted by molar-refractivity contribution is -0.127. The molecule has 0 saturated carbocycles. The third-order valence-electron chi connectivity index (χ3n) is 5.31. The number of carbonyl (C=O) groups excluding carboxylic acids is 1. The minimum Gasteiger partial charge on any atom is -0.356 e. The van der Waals surface area contributed by atoms with Crippen LogP contribution < -0.4 is 16.0 Å². The molecule has 1 amide bonds. The fourth-order valence-electron chi connectivity index (χ4n) is 3.52. The Morgan fingerprint density at radius 1 is 1.22 bits per heavy atom. The summed E-state index contributed by atoms with van der Waals surface area (Å²) in [5.74, 6) is 0.806. The van der Waals surface area contributed by atoms with Crippen LogP contribution in [0.15, 0.2) is 42.9 Å². The van der Waals surface area contributed by atoms with Crippen molar-refractivity contribution >= 4 is 22.8 Å². The van der Waals surface area contributed by atoms with Crippen molar-refractivity contribution < 1.29 is 4.79 Å². The van der Waals surface area contributed by atoms with Crippen LogP contribution in [0, 0.1) is 6.92 Å². The molecule has 1 saturated heterocycles. The zero-order chi connectivity index (χ0) is 18.9. The van der Waals surface area contributed by atoms with E-state index in [9.17, 15) is 4.79 Å². The molecule has 3 aromatic rings. The van der Waals surface area contributed by atoms with Gasteiger partial charge in [-0.15, -0.1) is 0 Å². The molecule has 4 rings (SSSR count). The Hall–Kier alpha value is -2.93. The van der Waals surface area contributed by atoms with E-state index < -0.39 is 5.54 Å². The molecule has 0 radical (unpaired) electrons. The number of benzene rings is 1. The van der Waals surface area contributed by atoms with Crippen LogP contribution >= 0.6 is 0 Å². The second kappa shape index (κ2) is 7.00. The monoisotopic (exact) mass is 364 g/mol. The van der Waals surface area contributed by atoms with Crippen LogP contribution in [0.4, 0.5) is 5.82 Å². The van der Waals surface area contributed by atoms with Crippen molar-refractivity contribution in [2.75, 3.05) is 18.0 Å². The van der Waals surface area contributed by atoms with E-state index in [1.165, 1.54) is 5.56 Å². The van der Waals surface area contributed by atoms with Gasteiger partial charge in [0.2, 0.25) is 5.91 Å². The van der Waals surface area contributed by atoms with Gasteiger partial charge in [-0.1, -0.05) is 29.8 Å². The van der Waals surface area contributed by atoms with Gasteiger partial charge in [0, 0.05) is 25.8 Å². The van der Waals surface area contributed by atoms with E-state index in [-0.39, 0.29) is 5.91 Å². The zero-order valence-electron chi connectivity index (χ0n) is 15.4. The van der Waals surface area contributed by atoms with E-state index in [2.05, 4.69) is 25.2 Å². The van der Waals surface area contributed by atoms with Gasteiger partial charge in [0.1, 0.15) is 17.8 Å². The molecular weight excluding hydrogens is 340 g/mol. The number of rotatable bonds is 4. The number of nitrogens with zero attached hydrogens (tertiary/aromatic N) is 3. The second-order valence-electron chi connectivity index (χ2n) is 7.25. The molecule has 1 aromatic carbocycles. The van der Waals surface area contributed by atoms with Gasteiger partial charge < -0.3 is 20.9 Å². The molecular formula is C20H24N6O. The molecule has 7 nitrogen and oxygen atoms in total. The molecule has 0 bridgehead atoms. The predicted molar refractivity (Wildman–Crippen MR) is 105 cm³/mol. The van der Waals surface area contributed by atoms with Crippen molar-refractivity contribution in [2.45, 2.75) is 31.8 Å². The number of fused-ring (bicyclic) bond motifs is 1. The third kappa shape index (κ3) is 3.50. The minimum absolute atomic E-state index is 0.0859. The summed E-state index contributed by atoms with van der Waals surface area (Å²) in [5, 5.41) is 3.99. The Morgan fingerprint density at radius 3 is 2.70 bits per heavy atom. The molecule has 1 aliphatic heterocycles. The standard InChI is InChI=1S/C20H24N6O/c1-14-2-4-15(5-3-14)12-23-19(27)20(21)7-10-26(11-8-20)18-16-6-9-22-17(16)24-13-25-18/h2-6,9,13H,7-8,10-12,21H2,1H3,(H,23,27)(H,22,24,25). The normalized spacial score (nSPS) is 16.4. The zero-order valence-corrected chi connectivity index (χ0v) is 15.4. The highest BCUT2D eigenvalue weighted by molar-refractivity contribution is 5.88. The number of aromatic nitrogens is 3. The summed E-state index contributed by atoms with van der Waals surface area (Å²) in [4.78, 5) is 26.6. The fraction of sp³-hybridized carbons (Fsp3) is 0.350. The molecule has 0 unspecified atom stereocenters. The number of H-pyrrole nitrogens is 1. The SMILES string of the molecule is Cc1ccc(CNC(=O)C2(N)CCN(c3ncnc4[nH]ccc34)CC2)cc1. The van der Waals surface area contributed by atoms with Crippen molar-refractivity contribution in [3.63, 3.8) is 0 Å². The number of hydrogen-bond donors (Lipinski definition) is 3. The Morgan fingerprint density at radius 2 is 1.96 bits per heavy atom. The van der Waals surface area contributed by atoms with Crippen molar-refractivity contribution in [2.24, 2.45) is 5.73 Å². The van der Waals surface area contributed by atoms with Crippen LogP contribution in [0.2, 0.25) is 0 Å². The summed E-state index contributed by atoms with van der Waals surface area (Å²) in [6.45, 7) is 3.92. The summed E-state index contributed by atoms with van der Waals surface area (Å²) >= 11 is 0. The maximum Gasteiger partial charge on any atom is 0.240 e. The van der Waals surface area contributed by atoms with Gasteiger partial charge >= 0.3 is 0 Å². The summed E-state index contributed by atoms with van der Waals surface area (Å²) in [5.41, 5.74) is 8.70. The summed E-state index contributed by atoms with van der Waals surface area (Å²) in [7, 11) is 0. The fourth-order valence-corrected chi connectivity index (χ4v) is 3.52. The first-order valence-electron chi connectivity index (χ1n) is 9.21. The molecule has 3 heterocycles. The number of carbonyl (C=O) groups is 1. The maximum absolute atomic E-state index is 12.7. The third-order valence-corrected chi connectivity index (χ3v) is 5.31. The van der Waals surface area contributed by atoms with E-state index in [1.807, 2.05) is 43.5 Å². The lowest BCUT2D eigenvalue weighted by Crippen LogP contribution is -2.59. The van der Waals surface area contributed by atoms with Crippen LogP contribution in [-0.2, 0) is 11.3 Å². The molecule has 0 aliphatic carbocycles. The van der Waals surface area contributed by atoms with E-state index in [0.717, 1.165) is 22.4 Å². The highest BCUT2D eigenvalue weighted by Gasteiger charge is 2.38. The van der Waals surface area contributed by atoms with E-state index in [4.69, 9.17) is 5.73 Å². The Kier molecular flexibility index (Phi) is 4.53. The van der Waals surface area contributed by atoms with E-state index in [0.29, 0.717) is 32.5 Å². The van der Waals surface area contributed by atoms with Crippen molar-refractivity contribution in [1.82, 2.24) is 20.3 Å². The van der Waals surface area contributed by atoms with E-state index in [1.54, 1.807) is 6.33 Å². The number of aryl methyl sites for hydroxylation is 1. The van der Waals surface area contributed by atoms with Crippen LogP contribution in [0.25, 0.3) is 11.0 Å². The summed E-state index contributed by atoms with van der Waals surface area (Å²) in [6, 6.07) is 10.1. The van der Waals surface area contributed by atoms with Gasteiger partial charge in [-0.2, -0.15) is 0 Å². The topological polar surface area (TPSA) is 99.9 Å². The van der Waals surface area contributed by atoms with Gasteiger partial charge in [-0.25, -0.2) is 9.97 Å². The summed E-state index contributed by atoms with van der Waals surface area (Å²) < 4.78 is 0. The molecule has 7 heteroatoms. The smallest absolute Gasteiger partial charge is 0.240 e. The minimum atomic E-state index is -0.842. The molecule has 4 N–H and O–H groups in total. The highest BCUT2D eigenvalue weighted by atomic mass is 16.2. The average Bonchev–Trinajstić information content (AvgIpc) is 3.17. The van der Waals surface area contributed by atoms with Gasteiger partial charge in [-0.3, -0.25) is 4.79 Å². The molecule has 1 fully saturated rings. The molecule has 27 heavy (non-hydrogen) atoms. The maximum atomic E-state index is 12.7. The van der Waals surface area contributed by atoms with Crippen molar-refractivity contribution in [1.29, 1.82) is 0 Å². The molecule has 0 atom stereocenters. The summed E-state index contributed by atoms with van der Waals surface area (Å²) in [6.07, 6.45) is 4.59. The number of aromatic amines is 1. The van der Waals surface area contributed by atoms with Crippen molar-refractivity contribution in [3.05, 3.63) is 54.0 Å². The predicted octanol–water partition coefficient (Wildman–Crippen LogP) is 1.88. The van der Waals surface area contributed by atoms with Gasteiger partial charge in [0.05, 0.1) is 10.9 Å². The number of piperidine rings is 1. The Balaban J connectivity index is 1.39. The largest absolute Gasteiger partial charge is 0.356 e. The van der Waals surface area contributed by atoms with E-state index >= 15 is 0 Å². The van der Waals surface area contributed by atoms with Crippen LogP contribution in [0.3, 0.4) is 0 Å². The van der Waals surface area contributed by atoms with Gasteiger partial charge in [-0.05, 0) is 31.4 Å². The van der Waals surface area contributed by atoms with Gasteiger partial charge in [0.15, 0.2) is 0 Å². The quantitative estimate of drug-likeness (QED) is 0.656. The van der Waals surface area contributed by atoms with Crippen LogP contribution in [0.5, 0.6) is 0 Å². The number of nitrogens with one attached hydrogen (secondary N) is 2. The highest BCUT2D eigenvalue weighted by Crippen LogP contribution is 2.28. The lowest BCUT2D eigenvalue weighted by Gasteiger charge is -2.38. The van der Waals surface area contributed by atoms with Crippen LogP contribution in [0.1, 0.15) is 24.0 Å². The Labute approximate surface area is 158 Å². The lowest BCUT2D eigenvalue weighted by atomic mass is 9.87. The number of hydrogen-bond acceptors (Lipinski definition) is 5. The average molecular weight is 364 g/mol. The molecule has 1 aliphatic rings. The first-order chi connectivity index (χ1) is 13.0. The number of anilines is 1. The van der Waals surface area contributed by atoms with Gasteiger partial charge in [0.25, 0.3) is 0 Å². The van der Waals surface area contributed by atoms with Crippen molar-refractivity contribution in [3.8, 4) is 0 Å². The second-order valence-corrected chi connectivity index (χ2v) is 7.25. The molecule has 2 aromatic heterocycles. The van der Waals surface area contributed by atoms with Crippen LogP contribution in [-0.4, -0.2) is 39.5 Å².